The van der Waals surface area contributed by atoms with Gasteiger partial charge in [-0.2, -0.15) is 13.2 Å². The van der Waals surface area contributed by atoms with E-state index in [0.29, 0.717) is 13.0 Å². The molecule has 1 aromatic rings. The van der Waals surface area contributed by atoms with Crippen LogP contribution in [0.25, 0.3) is 0 Å². The van der Waals surface area contributed by atoms with Gasteiger partial charge in [0.2, 0.25) is 0 Å². The van der Waals surface area contributed by atoms with Crippen molar-refractivity contribution in [1.29, 1.82) is 0 Å². The number of amides is 3. The fourth-order valence-electron chi connectivity index (χ4n) is 3.19. The lowest BCUT2D eigenvalue weighted by atomic mass is 10.0. The van der Waals surface area contributed by atoms with Gasteiger partial charge in [0.25, 0.3) is 5.91 Å². The zero-order valence-corrected chi connectivity index (χ0v) is 12.8. The van der Waals surface area contributed by atoms with Gasteiger partial charge in [-0.25, -0.2) is 4.79 Å². The molecule has 8 heteroatoms. The van der Waals surface area contributed by atoms with E-state index in [1.165, 1.54) is 4.90 Å². The number of aliphatic hydroxyl groups excluding tert-OH is 1. The number of rotatable bonds is 3. The van der Waals surface area contributed by atoms with Crippen LogP contribution in [0.2, 0.25) is 0 Å². The Hall–Kier alpha value is -2.09. The van der Waals surface area contributed by atoms with Gasteiger partial charge in [0.05, 0.1) is 18.2 Å². The summed E-state index contributed by atoms with van der Waals surface area (Å²) in [4.78, 5) is 27.1. The first-order chi connectivity index (χ1) is 11.3. The Labute approximate surface area is 136 Å². The second-order valence-electron chi connectivity index (χ2n) is 6.07. The Morgan fingerprint density at radius 1 is 1.17 bits per heavy atom. The predicted molar refractivity (Wildman–Crippen MR) is 77.9 cm³/mol. The number of hydrogen-bond donors (Lipinski definition) is 1. The normalized spacial score (nSPS) is 22.8. The minimum atomic E-state index is -4.45. The number of imide groups is 1. The van der Waals surface area contributed by atoms with Crippen LogP contribution >= 0.6 is 0 Å². The van der Waals surface area contributed by atoms with E-state index in [2.05, 4.69) is 0 Å². The van der Waals surface area contributed by atoms with Crippen molar-refractivity contribution in [3.8, 4) is 0 Å². The highest BCUT2D eigenvalue weighted by Gasteiger charge is 2.46. The van der Waals surface area contributed by atoms with Crippen molar-refractivity contribution in [2.45, 2.75) is 37.6 Å². The van der Waals surface area contributed by atoms with Crippen LogP contribution in [-0.2, 0) is 11.0 Å². The van der Waals surface area contributed by atoms with E-state index in [1.54, 1.807) is 0 Å². The maximum Gasteiger partial charge on any atom is 0.416 e. The fourth-order valence-corrected chi connectivity index (χ4v) is 3.19. The molecule has 2 heterocycles. The molecule has 2 aliphatic heterocycles. The zero-order valence-electron chi connectivity index (χ0n) is 12.8. The van der Waals surface area contributed by atoms with Gasteiger partial charge in [0.1, 0.15) is 6.04 Å². The number of carbonyl (C=O) groups is 2. The Bertz CT molecular complexity index is 621. The molecule has 2 atom stereocenters. The summed E-state index contributed by atoms with van der Waals surface area (Å²) in [6.45, 7) is 0.262. The molecule has 130 valence electrons. The van der Waals surface area contributed by atoms with Crippen LogP contribution in [0.4, 0.5) is 18.0 Å². The number of β-amino-alcohol motifs (C(OH)–C–C–N with tert-alkyl or cyclic N) is 1. The number of piperidine rings is 1. The number of fused-ring (bicyclic) bond motifs is 1. The van der Waals surface area contributed by atoms with Gasteiger partial charge in [0.15, 0.2) is 0 Å². The average molecular weight is 342 g/mol. The van der Waals surface area contributed by atoms with E-state index in [4.69, 9.17) is 0 Å². The number of urea groups is 1. The van der Waals surface area contributed by atoms with E-state index < -0.39 is 29.9 Å². The van der Waals surface area contributed by atoms with Crippen LogP contribution in [-0.4, -0.2) is 46.0 Å². The van der Waals surface area contributed by atoms with E-state index in [9.17, 15) is 27.9 Å². The van der Waals surface area contributed by atoms with Gasteiger partial charge >= 0.3 is 12.2 Å². The first kappa shape index (κ1) is 16.8. The first-order valence-corrected chi connectivity index (χ1v) is 7.76. The molecule has 24 heavy (non-hydrogen) atoms. The summed E-state index contributed by atoms with van der Waals surface area (Å²) in [7, 11) is 0. The van der Waals surface area contributed by atoms with Crippen molar-refractivity contribution in [3.05, 3.63) is 35.4 Å². The van der Waals surface area contributed by atoms with Crippen molar-refractivity contribution in [3.63, 3.8) is 0 Å². The number of benzene rings is 1. The summed E-state index contributed by atoms with van der Waals surface area (Å²) >= 11 is 0. The molecular formula is C16H17F3N2O3. The molecule has 0 aliphatic carbocycles. The molecule has 0 unspecified atom stereocenters. The second-order valence-corrected chi connectivity index (χ2v) is 6.07. The quantitative estimate of drug-likeness (QED) is 0.859. The molecule has 2 fully saturated rings. The summed E-state index contributed by atoms with van der Waals surface area (Å²) in [6.07, 6.45) is -3.35. The van der Waals surface area contributed by atoms with Crippen LogP contribution in [0.15, 0.2) is 24.3 Å². The van der Waals surface area contributed by atoms with E-state index >= 15 is 0 Å². The highest BCUT2D eigenvalue weighted by Crippen LogP contribution is 2.31. The van der Waals surface area contributed by atoms with Crippen molar-refractivity contribution >= 4 is 11.9 Å². The van der Waals surface area contributed by atoms with Crippen molar-refractivity contribution < 1.29 is 27.9 Å². The van der Waals surface area contributed by atoms with Gasteiger partial charge in [-0.15, -0.1) is 0 Å². The van der Waals surface area contributed by atoms with Crippen LogP contribution in [0.3, 0.4) is 0 Å². The molecule has 5 nitrogen and oxygen atoms in total. The highest BCUT2D eigenvalue weighted by molar-refractivity contribution is 6.04. The molecule has 2 aliphatic rings. The maximum atomic E-state index is 12.6. The summed E-state index contributed by atoms with van der Waals surface area (Å²) in [5.41, 5.74) is -0.586. The van der Waals surface area contributed by atoms with Crippen LogP contribution in [0.5, 0.6) is 0 Å². The molecule has 2 saturated heterocycles. The third-order valence-corrected chi connectivity index (χ3v) is 4.51. The molecule has 0 spiro atoms. The summed E-state index contributed by atoms with van der Waals surface area (Å²) < 4.78 is 37.7. The third-order valence-electron chi connectivity index (χ3n) is 4.51. The maximum absolute atomic E-state index is 12.6. The summed E-state index contributed by atoms with van der Waals surface area (Å²) in [5, 5.41) is 10.2. The number of nitrogens with zero attached hydrogens (tertiary/aromatic N) is 2. The topological polar surface area (TPSA) is 60.9 Å². The molecule has 3 amide bonds. The molecular weight excluding hydrogens is 325 g/mol. The number of alkyl halides is 3. The monoisotopic (exact) mass is 342 g/mol. The first-order valence-electron chi connectivity index (χ1n) is 7.76. The Kier molecular flexibility index (Phi) is 4.25. The highest BCUT2D eigenvalue weighted by atomic mass is 19.4. The van der Waals surface area contributed by atoms with Crippen molar-refractivity contribution in [2.24, 2.45) is 0 Å². The van der Waals surface area contributed by atoms with Gasteiger partial charge < -0.3 is 10.0 Å². The molecule has 3 rings (SSSR count). The molecule has 0 radical (unpaired) electrons. The number of carbonyl (C=O) groups excluding carboxylic acids is 2. The van der Waals surface area contributed by atoms with Crippen LogP contribution < -0.4 is 0 Å². The Morgan fingerprint density at radius 3 is 2.42 bits per heavy atom. The van der Waals surface area contributed by atoms with E-state index in [1.807, 2.05) is 0 Å². The average Bonchev–Trinajstić information content (AvgIpc) is 2.79. The molecule has 1 aromatic carbocycles. The van der Waals surface area contributed by atoms with Gasteiger partial charge in [-0.3, -0.25) is 9.69 Å². The summed E-state index contributed by atoms with van der Waals surface area (Å²) in [6, 6.07) is 3.16. The van der Waals surface area contributed by atoms with Gasteiger partial charge in [-0.05, 0) is 37.0 Å². The lowest BCUT2D eigenvalue weighted by Crippen LogP contribution is -2.39. The fraction of sp³-hybridized carbons (Fsp3) is 0.500. The minimum absolute atomic E-state index is 0.230. The van der Waals surface area contributed by atoms with Crippen molar-refractivity contribution in [2.75, 3.05) is 13.1 Å². The van der Waals surface area contributed by atoms with Gasteiger partial charge in [0, 0.05) is 6.54 Å². The molecule has 0 saturated carbocycles. The van der Waals surface area contributed by atoms with E-state index in [-0.39, 0.29) is 18.0 Å². The van der Waals surface area contributed by atoms with Crippen LogP contribution in [0, 0.1) is 0 Å². The lowest BCUT2D eigenvalue weighted by molar-refractivity contribution is -0.137. The van der Waals surface area contributed by atoms with Gasteiger partial charge in [-0.1, -0.05) is 12.1 Å². The SMILES string of the molecule is O=C1[C@H]2CCCCN2C(=O)N1C[C@H](O)c1ccc(C(F)(F)F)cc1. The molecule has 0 bridgehead atoms. The van der Waals surface area contributed by atoms with Crippen molar-refractivity contribution in [1.82, 2.24) is 9.80 Å². The van der Waals surface area contributed by atoms with Crippen LogP contribution in [0.1, 0.15) is 36.5 Å². The minimum Gasteiger partial charge on any atom is -0.387 e. The molecule has 1 N–H and O–H groups in total. The summed E-state index contributed by atoms with van der Waals surface area (Å²) in [5.74, 6) is -0.342. The number of halogens is 3. The Balaban J connectivity index is 1.71. The Morgan fingerprint density at radius 2 is 1.83 bits per heavy atom. The third kappa shape index (κ3) is 2.98. The number of aliphatic hydroxyl groups is 1. The number of hydrogen-bond acceptors (Lipinski definition) is 3. The largest absolute Gasteiger partial charge is 0.416 e. The lowest BCUT2D eigenvalue weighted by Gasteiger charge is -2.26. The predicted octanol–water partition coefficient (Wildman–Crippen LogP) is 2.56. The smallest absolute Gasteiger partial charge is 0.387 e. The van der Waals surface area contributed by atoms with E-state index in [0.717, 1.165) is 42.0 Å². The molecule has 0 aromatic heterocycles. The standard InChI is InChI=1S/C16H17F3N2O3/c17-16(18,19)11-6-4-10(5-7-11)13(22)9-21-14(23)12-3-1-2-8-20(12)15(21)24/h4-7,12-13,22H,1-3,8-9H2/t12-,13+/m1/s1. The second kappa shape index (κ2) is 6.08. The zero-order chi connectivity index (χ0) is 17.5.